The van der Waals surface area contributed by atoms with E-state index in [0.29, 0.717) is 52.0 Å². The van der Waals surface area contributed by atoms with Gasteiger partial charge in [0, 0.05) is 12.6 Å². The van der Waals surface area contributed by atoms with Crippen molar-refractivity contribution in [2.24, 2.45) is 5.92 Å². The van der Waals surface area contributed by atoms with Gasteiger partial charge in [-0.25, -0.2) is 14.8 Å². The van der Waals surface area contributed by atoms with Crippen LogP contribution in [0.5, 0.6) is 17.4 Å². The fourth-order valence-corrected chi connectivity index (χ4v) is 10.6. The van der Waals surface area contributed by atoms with E-state index in [4.69, 9.17) is 18.6 Å². The Morgan fingerprint density at radius 1 is 0.973 bits per heavy atom. The number of ether oxygens (including phenoxy) is 3. The van der Waals surface area contributed by atoms with Gasteiger partial charge in [-0.1, -0.05) is 41.5 Å². The van der Waals surface area contributed by atoms with Crippen molar-refractivity contribution in [2.45, 2.75) is 84.0 Å². The van der Waals surface area contributed by atoms with Gasteiger partial charge in [0.2, 0.25) is 14.2 Å². The zero-order valence-corrected chi connectivity index (χ0v) is 24.5. The lowest BCUT2D eigenvalue weighted by Crippen LogP contribution is -2.49. The highest BCUT2D eigenvalue weighted by Gasteiger charge is 2.45. The monoisotopic (exact) mass is 529 g/mol. The van der Waals surface area contributed by atoms with Crippen molar-refractivity contribution in [3.8, 4) is 17.4 Å². The van der Waals surface area contributed by atoms with E-state index in [1.165, 1.54) is 20.0 Å². The number of benzene rings is 1. The lowest BCUT2D eigenvalue weighted by molar-refractivity contribution is 0.0599. The summed E-state index contributed by atoms with van der Waals surface area (Å²) in [6.07, 6.45) is 5.52. The third-order valence-corrected chi connectivity index (χ3v) is 13.1. The fraction of sp³-hybridized carbons (Fsp3) is 0.607. The molecular formula is C28H43N3O5Si. The Morgan fingerprint density at radius 2 is 1.62 bits per heavy atom. The summed E-state index contributed by atoms with van der Waals surface area (Å²) in [6.45, 7) is 16.9. The third-order valence-electron chi connectivity index (χ3n) is 7.03. The van der Waals surface area contributed by atoms with Crippen molar-refractivity contribution in [3.63, 3.8) is 0 Å². The van der Waals surface area contributed by atoms with Crippen molar-refractivity contribution >= 4 is 20.1 Å². The molecule has 1 aromatic heterocycles. The van der Waals surface area contributed by atoms with Gasteiger partial charge in [-0.3, -0.25) is 0 Å². The molecule has 8 nitrogen and oxygen atoms in total. The number of hydrogen-bond donors (Lipinski definition) is 1. The predicted octanol–water partition coefficient (Wildman–Crippen LogP) is 6.84. The van der Waals surface area contributed by atoms with E-state index in [9.17, 15) is 4.79 Å². The van der Waals surface area contributed by atoms with Crippen LogP contribution in [-0.2, 0) is 9.16 Å². The summed E-state index contributed by atoms with van der Waals surface area (Å²) in [6, 6.07) is 5.00. The number of aromatic nitrogens is 2. The Balaban J connectivity index is 1.71. The maximum atomic E-state index is 12.3. The van der Waals surface area contributed by atoms with E-state index in [0.717, 1.165) is 12.5 Å². The van der Waals surface area contributed by atoms with Crippen LogP contribution in [0.4, 0.5) is 5.82 Å². The average molecular weight is 530 g/mol. The van der Waals surface area contributed by atoms with Gasteiger partial charge >= 0.3 is 5.97 Å². The molecule has 0 saturated heterocycles. The summed E-state index contributed by atoms with van der Waals surface area (Å²) in [4.78, 5) is 21.0. The van der Waals surface area contributed by atoms with Crippen molar-refractivity contribution in [2.75, 3.05) is 25.6 Å². The molecule has 0 amide bonds. The number of hydrogen-bond acceptors (Lipinski definition) is 8. The molecule has 1 atom stereocenters. The molecule has 204 valence electrons. The summed E-state index contributed by atoms with van der Waals surface area (Å²) < 4.78 is 23.8. The lowest BCUT2D eigenvalue weighted by atomic mass is 10.2. The topological polar surface area (TPSA) is 91.8 Å². The van der Waals surface area contributed by atoms with Gasteiger partial charge in [-0.05, 0) is 54.4 Å². The minimum absolute atomic E-state index is 0.222. The molecule has 1 N–H and O–H groups in total. The van der Waals surface area contributed by atoms with E-state index < -0.39 is 14.3 Å². The van der Waals surface area contributed by atoms with Crippen molar-refractivity contribution < 1.29 is 23.4 Å². The number of carbonyl (C=O) groups excluding carboxylic acids is 1. The van der Waals surface area contributed by atoms with Crippen LogP contribution in [0.3, 0.4) is 0 Å². The Bertz CT molecular complexity index is 1000. The maximum Gasteiger partial charge on any atom is 0.338 e. The Kier molecular flexibility index (Phi) is 9.95. The molecule has 1 fully saturated rings. The predicted molar refractivity (Wildman–Crippen MR) is 148 cm³/mol. The first-order valence-corrected chi connectivity index (χ1v) is 15.5. The van der Waals surface area contributed by atoms with Crippen molar-refractivity contribution in [3.05, 3.63) is 36.2 Å². The van der Waals surface area contributed by atoms with Crippen LogP contribution in [0.25, 0.3) is 0 Å². The van der Waals surface area contributed by atoms with Crippen molar-refractivity contribution in [1.29, 1.82) is 0 Å². The first kappa shape index (κ1) is 28.9. The highest BCUT2D eigenvalue weighted by molar-refractivity contribution is 6.77. The Hall–Kier alpha value is -2.65. The molecule has 1 heterocycles. The smallest absolute Gasteiger partial charge is 0.338 e. The molecule has 1 aliphatic rings. The van der Waals surface area contributed by atoms with Gasteiger partial charge in [0.25, 0.3) is 0 Å². The molecule has 3 rings (SSSR count). The molecular weight excluding hydrogens is 486 g/mol. The largest absolute Gasteiger partial charge is 0.488 e. The SMILES string of the molecule is COC(=O)c1cc(Oc2cnc(NCC3CC3)cn2)cc(O[C@@H](C)CO[Si](C(C)C)(C(C)C)C(C)C)c1. The number of anilines is 1. The number of carbonyl (C=O) groups is 1. The number of nitrogens with zero attached hydrogens (tertiary/aromatic N) is 2. The minimum Gasteiger partial charge on any atom is -0.488 e. The van der Waals surface area contributed by atoms with Crippen LogP contribution in [0.2, 0.25) is 16.6 Å². The number of nitrogens with one attached hydrogen (secondary N) is 1. The Morgan fingerprint density at radius 3 is 2.16 bits per heavy atom. The third kappa shape index (κ3) is 7.67. The second-order valence-electron chi connectivity index (χ2n) is 10.9. The van der Waals surface area contributed by atoms with Gasteiger partial charge in [0.1, 0.15) is 23.4 Å². The molecule has 2 aromatic rings. The van der Waals surface area contributed by atoms with Gasteiger partial charge in [0.05, 0.1) is 31.7 Å². The quantitative estimate of drug-likeness (QED) is 0.210. The molecule has 9 heteroatoms. The van der Waals surface area contributed by atoms with Crippen LogP contribution in [0.15, 0.2) is 30.6 Å². The van der Waals surface area contributed by atoms with Gasteiger partial charge in [0.15, 0.2) is 0 Å². The molecule has 37 heavy (non-hydrogen) atoms. The summed E-state index contributed by atoms with van der Waals surface area (Å²) in [5.41, 5.74) is 1.78. The van der Waals surface area contributed by atoms with E-state index in [-0.39, 0.29) is 6.10 Å². The standard InChI is InChI=1S/C28H43N3O5Si/c1-18(2)37(19(3)4,20(5)6)34-17-21(7)35-24-11-23(28(32)33-8)12-25(13-24)36-27-16-30-26(15-31-27)29-14-22-9-10-22/h11-13,15-16,18-22H,9-10,14,17H2,1-8H3,(H,29,30)/t21-/m0/s1. The summed E-state index contributed by atoms with van der Waals surface area (Å²) in [5.74, 6) is 2.21. The van der Waals surface area contributed by atoms with Gasteiger partial charge < -0.3 is 24.0 Å². The number of esters is 1. The van der Waals surface area contributed by atoms with Crippen LogP contribution >= 0.6 is 0 Å². The molecule has 1 saturated carbocycles. The first-order chi connectivity index (χ1) is 17.5. The van der Waals surface area contributed by atoms with E-state index >= 15 is 0 Å². The number of methoxy groups -OCH3 is 1. The highest BCUT2D eigenvalue weighted by Crippen LogP contribution is 2.42. The lowest BCUT2D eigenvalue weighted by Gasteiger charge is -2.42. The molecule has 0 unspecified atom stereocenters. The second-order valence-corrected chi connectivity index (χ2v) is 16.4. The van der Waals surface area contributed by atoms with Crippen molar-refractivity contribution in [1.82, 2.24) is 9.97 Å². The normalized spacial score (nSPS) is 14.7. The van der Waals surface area contributed by atoms with Gasteiger partial charge in [-0.2, -0.15) is 0 Å². The number of rotatable bonds is 14. The van der Waals surface area contributed by atoms with Crippen LogP contribution in [-0.4, -0.2) is 50.6 Å². The molecule has 1 aromatic carbocycles. The summed E-state index contributed by atoms with van der Waals surface area (Å²) in [5, 5.41) is 3.28. The van der Waals surface area contributed by atoms with E-state index in [2.05, 4.69) is 56.8 Å². The molecule has 0 bridgehead atoms. The minimum atomic E-state index is -2.02. The zero-order valence-electron chi connectivity index (χ0n) is 23.5. The molecule has 0 aliphatic heterocycles. The summed E-state index contributed by atoms with van der Waals surface area (Å²) in [7, 11) is -0.670. The molecule has 1 aliphatic carbocycles. The highest BCUT2D eigenvalue weighted by atomic mass is 28.4. The Labute approximate surface area is 222 Å². The van der Waals surface area contributed by atoms with Crippen LogP contribution < -0.4 is 14.8 Å². The molecule has 0 spiro atoms. The van der Waals surface area contributed by atoms with Gasteiger partial charge in [-0.15, -0.1) is 0 Å². The van der Waals surface area contributed by atoms with E-state index in [1.54, 1.807) is 30.6 Å². The average Bonchev–Trinajstić information content (AvgIpc) is 3.67. The second kappa shape index (κ2) is 12.7. The fourth-order valence-electron chi connectivity index (χ4n) is 5.11. The zero-order chi connectivity index (χ0) is 27.2. The molecule has 0 radical (unpaired) electrons. The van der Waals surface area contributed by atoms with E-state index in [1.807, 2.05) is 6.92 Å². The first-order valence-electron chi connectivity index (χ1n) is 13.3. The maximum absolute atomic E-state index is 12.3. The van der Waals surface area contributed by atoms with Crippen LogP contribution in [0.1, 0.15) is 71.7 Å². The summed E-state index contributed by atoms with van der Waals surface area (Å²) >= 11 is 0. The van der Waals surface area contributed by atoms with Crippen LogP contribution in [0, 0.1) is 5.92 Å².